The largest absolute Gasteiger partial charge is 0.395 e. The van der Waals surface area contributed by atoms with Crippen molar-refractivity contribution in [2.45, 2.75) is 13.0 Å². The molecule has 0 aliphatic carbocycles. The highest BCUT2D eigenvalue weighted by Gasteiger charge is 2.20. The molecule has 0 saturated heterocycles. The maximum Gasteiger partial charge on any atom is 0.245 e. The summed E-state index contributed by atoms with van der Waals surface area (Å²) in [5.74, 6) is -0.785. The lowest BCUT2D eigenvalue weighted by Crippen LogP contribution is -2.48. The van der Waals surface area contributed by atoms with Crippen LogP contribution in [0, 0.1) is 0 Å². The molecule has 0 heterocycles. The molecule has 0 aliphatic rings. The second-order valence-corrected chi connectivity index (χ2v) is 3.21. The van der Waals surface area contributed by atoms with Gasteiger partial charge in [-0.25, -0.2) is 0 Å². The number of carbonyl (C=O) groups is 2. The first-order valence-corrected chi connectivity index (χ1v) is 5.00. The van der Waals surface area contributed by atoms with Gasteiger partial charge in [0.15, 0.2) is 0 Å². The highest BCUT2D eigenvalue weighted by Crippen LogP contribution is 1.95. The zero-order valence-electron chi connectivity index (χ0n) is 9.35. The van der Waals surface area contributed by atoms with Crippen LogP contribution in [0.5, 0.6) is 0 Å². The molecule has 0 unspecified atom stereocenters. The smallest absolute Gasteiger partial charge is 0.245 e. The average molecular weight is 230 g/mol. The van der Waals surface area contributed by atoms with Gasteiger partial charge in [0.1, 0.15) is 6.04 Å². The minimum atomic E-state index is -0.705. The summed E-state index contributed by atoms with van der Waals surface area (Å²) >= 11 is 0. The first kappa shape index (κ1) is 14.6. The number of nitrogens with one attached hydrogen (secondary N) is 1. The van der Waals surface area contributed by atoms with Gasteiger partial charge in [0.05, 0.1) is 13.2 Å². The van der Waals surface area contributed by atoms with Crippen molar-refractivity contribution >= 4 is 11.8 Å². The minimum absolute atomic E-state index is 0.133. The highest BCUT2D eigenvalue weighted by atomic mass is 16.3. The third-order valence-corrected chi connectivity index (χ3v) is 1.97. The maximum atomic E-state index is 11.7. The van der Waals surface area contributed by atoms with Crippen LogP contribution in [0.15, 0.2) is 12.7 Å². The third-order valence-electron chi connectivity index (χ3n) is 1.97. The Balaban J connectivity index is 4.35. The minimum Gasteiger partial charge on any atom is -0.395 e. The Labute approximate surface area is 94.6 Å². The van der Waals surface area contributed by atoms with Crippen LogP contribution in [-0.2, 0) is 9.59 Å². The molecule has 1 atom stereocenters. The normalized spacial score (nSPS) is 11.7. The molecule has 6 heteroatoms. The summed E-state index contributed by atoms with van der Waals surface area (Å²) in [6, 6.07) is -0.705. The summed E-state index contributed by atoms with van der Waals surface area (Å²) in [5.41, 5.74) is 0. The zero-order chi connectivity index (χ0) is 12.6. The van der Waals surface area contributed by atoms with Gasteiger partial charge in [-0.2, -0.15) is 0 Å². The first-order chi connectivity index (χ1) is 7.56. The lowest BCUT2D eigenvalue weighted by atomic mass is 10.2. The Kier molecular flexibility index (Phi) is 7.15. The Hall–Kier alpha value is -1.40. The van der Waals surface area contributed by atoms with Gasteiger partial charge < -0.3 is 20.4 Å². The van der Waals surface area contributed by atoms with E-state index >= 15 is 0 Å². The molecule has 92 valence electrons. The van der Waals surface area contributed by atoms with Crippen molar-refractivity contribution in [2.24, 2.45) is 0 Å². The van der Waals surface area contributed by atoms with Crippen molar-refractivity contribution in [3.63, 3.8) is 0 Å². The molecule has 6 nitrogen and oxygen atoms in total. The van der Waals surface area contributed by atoms with Crippen molar-refractivity contribution in [3.05, 3.63) is 12.7 Å². The van der Waals surface area contributed by atoms with Gasteiger partial charge in [0.25, 0.3) is 0 Å². The molecule has 2 amide bonds. The zero-order valence-corrected chi connectivity index (χ0v) is 9.35. The number of rotatable bonds is 7. The van der Waals surface area contributed by atoms with E-state index in [1.165, 1.54) is 11.8 Å². The van der Waals surface area contributed by atoms with Crippen molar-refractivity contribution < 1.29 is 19.8 Å². The van der Waals surface area contributed by atoms with E-state index in [2.05, 4.69) is 11.9 Å². The number of hydrogen-bond acceptors (Lipinski definition) is 4. The van der Waals surface area contributed by atoms with E-state index in [1.54, 1.807) is 0 Å². The molecule has 0 saturated carbocycles. The molecule has 0 aromatic heterocycles. The number of aliphatic hydroxyl groups excluding tert-OH is 2. The van der Waals surface area contributed by atoms with E-state index in [4.69, 9.17) is 10.2 Å². The van der Waals surface area contributed by atoms with Gasteiger partial charge >= 0.3 is 0 Å². The Morgan fingerprint density at radius 1 is 1.38 bits per heavy atom. The lowest BCUT2D eigenvalue weighted by molar-refractivity contribution is -0.136. The molecule has 0 aliphatic heterocycles. The predicted molar refractivity (Wildman–Crippen MR) is 58.6 cm³/mol. The number of hydrogen-bond donors (Lipinski definition) is 3. The van der Waals surface area contributed by atoms with Gasteiger partial charge in [0, 0.05) is 13.1 Å². The fourth-order valence-corrected chi connectivity index (χ4v) is 1.18. The summed E-state index contributed by atoms with van der Waals surface area (Å²) in [5, 5.41) is 19.9. The van der Waals surface area contributed by atoms with Crippen LogP contribution >= 0.6 is 0 Å². The second-order valence-electron chi connectivity index (χ2n) is 3.21. The monoisotopic (exact) mass is 230 g/mol. The van der Waals surface area contributed by atoms with Crippen LogP contribution in [0.4, 0.5) is 0 Å². The van der Waals surface area contributed by atoms with Crippen LogP contribution < -0.4 is 5.32 Å². The van der Waals surface area contributed by atoms with Crippen molar-refractivity contribution in [2.75, 3.05) is 26.3 Å². The summed E-state index contributed by atoms with van der Waals surface area (Å²) in [4.78, 5) is 24.0. The maximum absolute atomic E-state index is 11.7. The standard InChI is InChI=1S/C10H18N2O4/c1-3-9(15)11-8(2)10(16)12(4-6-13)5-7-14/h3,8,13-14H,1,4-7H2,2H3,(H,11,15)/t8-/m0/s1. The number of aliphatic hydroxyl groups is 2. The fraction of sp³-hybridized carbons (Fsp3) is 0.600. The molecule has 0 aromatic rings. The summed E-state index contributed by atoms with van der Waals surface area (Å²) < 4.78 is 0. The van der Waals surface area contributed by atoms with Gasteiger partial charge in [0.2, 0.25) is 11.8 Å². The highest BCUT2D eigenvalue weighted by molar-refractivity contribution is 5.92. The summed E-state index contributed by atoms with van der Waals surface area (Å²) in [6.07, 6.45) is 1.08. The van der Waals surface area contributed by atoms with Gasteiger partial charge in [-0.15, -0.1) is 0 Å². The van der Waals surface area contributed by atoms with E-state index in [0.29, 0.717) is 0 Å². The quantitative estimate of drug-likeness (QED) is 0.464. The second kappa shape index (κ2) is 7.84. The topological polar surface area (TPSA) is 89.9 Å². The van der Waals surface area contributed by atoms with Gasteiger partial charge in [-0.1, -0.05) is 6.58 Å². The van der Waals surface area contributed by atoms with Crippen LogP contribution in [0.2, 0.25) is 0 Å². The summed E-state index contributed by atoms with van der Waals surface area (Å²) in [7, 11) is 0. The van der Waals surface area contributed by atoms with E-state index in [9.17, 15) is 9.59 Å². The van der Waals surface area contributed by atoms with Crippen molar-refractivity contribution in [1.82, 2.24) is 10.2 Å². The average Bonchev–Trinajstić information content (AvgIpc) is 2.27. The molecule has 3 N–H and O–H groups in total. The lowest BCUT2D eigenvalue weighted by Gasteiger charge is -2.24. The molecule has 0 fully saturated rings. The van der Waals surface area contributed by atoms with E-state index in [1.807, 2.05) is 0 Å². The molecular formula is C10H18N2O4. The van der Waals surface area contributed by atoms with E-state index in [-0.39, 0.29) is 32.2 Å². The molecule has 0 aromatic carbocycles. The van der Waals surface area contributed by atoms with Crippen molar-refractivity contribution in [1.29, 1.82) is 0 Å². The predicted octanol–water partition coefficient (Wildman–Crippen LogP) is -1.51. The molecule has 0 radical (unpaired) electrons. The third kappa shape index (κ3) is 4.90. The Morgan fingerprint density at radius 3 is 2.25 bits per heavy atom. The molecule has 0 rings (SSSR count). The van der Waals surface area contributed by atoms with E-state index in [0.717, 1.165) is 6.08 Å². The first-order valence-electron chi connectivity index (χ1n) is 5.00. The molecule has 0 spiro atoms. The van der Waals surface area contributed by atoms with Crippen molar-refractivity contribution in [3.8, 4) is 0 Å². The van der Waals surface area contributed by atoms with Crippen LogP contribution in [0.3, 0.4) is 0 Å². The number of nitrogens with zero attached hydrogens (tertiary/aromatic N) is 1. The molecular weight excluding hydrogens is 212 g/mol. The van der Waals surface area contributed by atoms with Crippen LogP contribution in [0.1, 0.15) is 6.92 Å². The summed E-state index contributed by atoms with van der Waals surface area (Å²) in [6.45, 7) is 4.70. The van der Waals surface area contributed by atoms with Gasteiger partial charge in [-0.3, -0.25) is 9.59 Å². The Morgan fingerprint density at radius 2 is 1.88 bits per heavy atom. The number of amides is 2. The Bertz CT molecular complexity index is 249. The molecule has 0 bridgehead atoms. The SMILES string of the molecule is C=CC(=O)N[C@@H](C)C(=O)N(CCO)CCO. The fourth-order valence-electron chi connectivity index (χ4n) is 1.18. The van der Waals surface area contributed by atoms with Gasteiger partial charge in [-0.05, 0) is 13.0 Å². The van der Waals surface area contributed by atoms with E-state index < -0.39 is 11.9 Å². The molecule has 16 heavy (non-hydrogen) atoms. The van der Waals surface area contributed by atoms with Crippen LogP contribution in [-0.4, -0.2) is 59.3 Å². The number of carbonyl (C=O) groups excluding carboxylic acids is 2. The van der Waals surface area contributed by atoms with Crippen LogP contribution in [0.25, 0.3) is 0 Å².